The molecule has 4 atom stereocenters. The van der Waals surface area contributed by atoms with Crippen LogP contribution >= 0.6 is 7.37 Å². The Morgan fingerprint density at radius 2 is 1.34 bits per heavy atom. The number of nitrogens with one attached hydrogen (secondary N) is 3. The zero-order valence-electron chi connectivity index (χ0n) is 29.2. The second-order valence-corrected chi connectivity index (χ2v) is 16.1. The summed E-state index contributed by atoms with van der Waals surface area (Å²) in [5.41, 5.74) is 2.52. The number of benzene rings is 3. The van der Waals surface area contributed by atoms with Gasteiger partial charge in [0.2, 0.25) is 19.2 Å². The summed E-state index contributed by atoms with van der Waals surface area (Å²) in [5.74, 6) is -1.08. The van der Waals surface area contributed by atoms with Crippen LogP contribution < -0.4 is 16.0 Å². The average Bonchev–Trinajstić information content (AvgIpc) is 3.12. The highest BCUT2D eigenvalue weighted by atomic mass is 31.2. The van der Waals surface area contributed by atoms with Crippen LogP contribution in [0.3, 0.4) is 0 Å². The predicted molar refractivity (Wildman–Crippen MR) is 195 cm³/mol. The Bertz CT molecular complexity index is 1520. The lowest BCUT2D eigenvalue weighted by Gasteiger charge is -2.29. The van der Waals surface area contributed by atoms with Crippen molar-refractivity contribution in [1.82, 2.24) is 16.0 Å². The van der Waals surface area contributed by atoms with E-state index in [1.54, 1.807) is 13.8 Å². The molecule has 3 amide bonds. The topological polar surface area (TPSA) is 143 Å². The average molecular weight is 706 g/mol. The van der Waals surface area contributed by atoms with Gasteiger partial charge in [0.05, 0.1) is 18.9 Å². The molecule has 1 aliphatic rings. The van der Waals surface area contributed by atoms with Crippen molar-refractivity contribution in [2.75, 3.05) is 18.9 Å². The molecule has 3 aromatic carbocycles. The third-order valence-electron chi connectivity index (χ3n) is 8.92. The predicted octanol–water partition coefficient (Wildman–Crippen LogP) is 6.22. The van der Waals surface area contributed by atoms with Crippen molar-refractivity contribution in [2.45, 2.75) is 83.8 Å². The van der Waals surface area contributed by atoms with Crippen molar-refractivity contribution in [2.24, 2.45) is 11.8 Å². The molecule has 270 valence electrons. The maximum atomic E-state index is 14.1. The van der Waals surface area contributed by atoms with Crippen molar-refractivity contribution in [3.05, 3.63) is 108 Å². The molecule has 0 radical (unpaired) electrons. The summed E-state index contributed by atoms with van der Waals surface area (Å²) in [7, 11) is -3.24. The number of ether oxygens (including phenoxy) is 1. The minimum Gasteiger partial charge on any atom is -0.445 e. The van der Waals surface area contributed by atoms with Crippen LogP contribution in [0.4, 0.5) is 4.79 Å². The number of carbonyl (C=O) groups is 3. The normalized spacial score (nSPS) is 16.4. The van der Waals surface area contributed by atoms with Gasteiger partial charge in [0, 0.05) is 19.1 Å². The van der Waals surface area contributed by atoms with Gasteiger partial charge in [0.25, 0.3) is 0 Å². The highest BCUT2D eigenvalue weighted by Crippen LogP contribution is 2.51. The quantitative estimate of drug-likeness (QED) is 0.115. The zero-order chi connectivity index (χ0) is 35.8. The lowest BCUT2D eigenvalue weighted by atomic mass is 9.91. The number of hydrogen-bond acceptors (Lipinski definition) is 7. The highest BCUT2D eigenvalue weighted by Gasteiger charge is 2.33. The molecule has 0 aromatic heterocycles. The second kappa shape index (κ2) is 20.0. The molecule has 50 heavy (non-hydrogen) atoms. The van der Waals surface area contributed by atoms with Crippen molar-refractivity contribution >= 4 is 25.3 Å². The van der Waals surface area contributed by atoms with Crippen LogP contribution in [0.5, 0.6) is 0 Å². The molecule has 4 N–H and O–H groups in total. The molecule has 4 rings (SSSR count). The van der Waals surface area contributed by atoms with Gasteiger partial charge < -0.3 is 30.3 Å². The molecule has 0 bridgehead atoms. The zero-order valence-corrected chi connectivity index (χ0v) is 30.1. The van der Waals surface area contributed by atoms with Gasteiger partial charge in [-0.25, -0.2) is 4.79 Å². The monoisotopic (exact) mass is 705 g/mol. The number of aliphatic hydroxyl groups is 1. The summed E-state index contributed by atoms with van der Waals surface area (Å²) in [6, 6.07) is 26.0. The molecule has 1 unspecified atom stereocenters. The van der Waals surface area contributed by atoms with E-state index in [2.05, 4.69) is 16.0 Å². The molecule has 1 fully saturated rings. The Balaban J connectivity index is 1.36. The van der Waals surface area contributed by atoms with Gasteiger partial charge in [-0.3, -0.25) is 14.2 Å². The maximum Gasteiger partial charge on any atom is 0.408 e. The summed E-state index contributed by atoms with van der Waals surface area (Å²) < 4.78 is 25.6. The summed E-state index contributed by atoms with van der Waals surface area (Å²) in [6.07, 6.45) is 3.99. The van der Waals surface area contributed by atoms with Gasteiger partial charge in [0.1, 0.15) is 18.7 Å². The third-order valence-corrected chi connectivity index (χ3v) is 11.6. The fraction of sp³-hybridized carbons (Fsp3) is 0.462. The van der Waals surface area contributed by atoms with E-state index in [9.17, 15) is 24.1 Å². The van der Waals surface area contributed by atoms with E-state index in [4.69, 9.17) is 9.26 Å². The number of carbonyl (C=O) groups excluding carboxylic acids is 3. The minimum atomic E-state index is -3.24. The van der Waals surface area contributed by atoms with Crippen LogP contribution in [-0.2, 0) is 43.0 Å². The molecule has 1 saturated carbocycles. The van der Waals surface area contributed by atoms with Crippen LogP contribution in [0.25, 0.3) is 0 Å². The Labute approximate surface area is 296 Å². The molecule has 3 aromatic rings. The fourth-order valence-corrected chi connectivity index (χ4v) is 8.85. The van der Waals surface area contributed by atoms with Gasteiger partial charge in [-0.1, -0.05) is 124 Å². The van der Waals surface area contributed by atoms with Crippen molar-refractivity contribution in [3.63, 3.8) is 0 Å². The minimum absolute atomic E-state index is 0.0383. The Kier molecular flexibility index (Phi) is 15.5. The lowest BCUT2D eigenvalue weighted by molar-refractivity contribution is -0.131. The molecule has 11 heteroatoms. The van der Waals surface area contributed by atoms with E-state index in [1.165, 1.54) is 6.42 Å². The Hall–Kier alpha value is -3.98. The molecule has 0 spiro atoms. The second-order valence-electron chi connectivity index (χ2n) is 13.5. The first kappa shape index (κ1) is 38.8. The Morgan fingerprint density at radius 1 is 0.780 bits per heavy atom. The van der Waals surface area contributed by atoms with Gasteiger partial charge in [-0.15, -0.1) is 0 Å². The van der Waals surface area contributed by atoms with Gasteiger partial charge in [0.15, 0.2) is 0 Å². The van der Waals surface area contributed by atoms with E-state index in [0.717, 1.165) is 42.4 Å². The standard InChI is InChI=1S/C39H52N3O7P/c1-29(2)36(42-37(44)35(23-30-15-7-3-8-16-30)41-39(46)48-25-31-17-9-4-10-18-31)38(45)40-24-34(43)28-50(47,27-33-21-13-6-14-22-33)49-26-32-19-11-5-12-20-32/h3-5,7-12,15-20,29,33-36,43H,6,13-14,21-28H2,1-2H3,(H,40,45)(H,41,46)(H,42,44)/t34-,35+,36+,50?/m1/s1. The van der Waals surface area contributed by atoms with Gasteiger partial charge >= 0.3 is 6.09 Å². The lowest BCUT2D eigenvalue weighted by Crippen LogP contribution is -2.56. The number of amides is 3. The Morgan fingerprint density at radius 3 is 1.92 bits per heavy atom. The molecular weight excluding hydrogens is 653 g/mol. The van der Waals surface area contributed by atoms with E-state index < -0.39 is 43.5 Å². The van der Waals surface area contributed by atoms with Crippen LogP contribution in [0.2, 0.25) is 0 Å². The highest BCUT2D eigenvalue weighted by molar-refractivity contribution is 7.59. The molecule has 10 nitrogen and oxygen atoms in total. The van der Waals surface area contributed by atoms with Crippen molar-refractivity contribution in [3.8, 4) is 0 Å². The first-order chi connectivity index (χ1) is 24.1. The summed E-state index contributed by atoms with van der Waals surface area (Å²) in [6.45, 7) is 3.66. The summed E-state index contributed by atoms with van der Waals surface area (Å²) in [4.78, 5) is 39.8. The fourth-order valence-electron chi connectivity index (χ4n) is 6.18. The number of aliphatic hydroxyl groups excluding tert-OH is 1. The third kappa shape index (κ3) is 13.4. The van der Waals surface area contributed by atoms with Crippen LogP contribution in [0.1, 0.15) is 62.6 Å². The summed E-state index contributed by atoms with van der Waals surface area (Å²) >= 11 is 0. The summed E-state index contributed by atoms with van der Waals surface area (Å²) in [5, 5.41) is 19.2. The molecule has 0 saturated heterocycles. The van der Waals surface area contributed by atoms with E-state index in [0.29, 0.717) is 6.16 Å². The van der Waals surface area contributed by atoms with Crippen LogP contribution in [0, 0.1) is 11.8 Å². The number of hydrogen-bond donors (Lipinski definition) is 4. The first-order valence-corrected chi connectivity index (χ1v) is 19.6. The van der Waals surface area contributed by atoms with E-state index >= 15 is 0 Å². The number of rotatable bonds is 18. The van der Waals surface area contributed by atoms with Gasteiger partial charge in [-0.2, -0.15) is 0 Å². The smallest absolute Gasteiger partial charge is 0.408 e. The maximum absolute atomic E-state index is 14.1. The van der Waals surface area contributed by atoms with Crippen LogP contribution in [0.15, 0.2) is 91.0 Å². The SMILES string of the molecule is CC(C)[C@H](NC(=O)[C@H](Cc1ccccc1)NC(=O)OCc1ccccc1)C(=O)NC[C@@H](O)CP(=O)(CC1CCCCC1)OCc1ccccc1. The van der Waals surface area contributed by atoms with Crippen LogP contribution in [-0.4, -0.2) is 60.1 Å². The molecule has 0 aliphatic heterocycles. The largest absolute Gasteiger partial charge is 0.445 e. The van der Waals surface area contributed by atoms with Gasteiger partial charge in [-0.05, 0) is 41.4 Å². The molecular formula is C39H52N3O7P. The van der Waals surface area contributed by atoms with E-state index in [-0.39, 0.29) is 44.2 Å². The number of alkyl carbamates (subject to hydrolysis) is 1. The van der Waals surface area contributed by atoms with Crippen molar-refractivity contribution in [1.29, 1.82) is 0 Å². The van der Waals surface area contributed by atoms with E-state index in [1.807, 2.05) is 91.0 Å². The first-order valence-electron chi connectivity index (χ1n) is 17.6. The van der Waals surface area contributed by atoms with Crippen molar-refractivity contribution < 1.29 is 33.3 Å². The molecule has 0 heterocycles. The molecule has 1 aliphatic carbocycles.